The van der Waals surface area contributed by atoms with Gasteiger partial charge in [0.25, 0.3) is 0 Å². The van der Waals surface area contributed by atoms with Crippen molar-refractivity contribution < 1.29 is 71.4 Å². The molecule has 0 heterocycles. The summed E-state index contributed by atoms with van der Waals surface area (Å²) < 4.78 is 53.0. The zero-order chi connectivity index (χ0) is 48.8. The minimum atomic E-state index is -4.80. The second-order valence-corrected chi connectivity index (χ2v) is 18.7. The van der Waals surface area contributed by atoms with E-state index in [0.29, 0.717) is 12.8 Å². The number of ether oxygens (including phenoxy) is 2. The quantitative estimate of drug-likeness (QED) is 0.0126. The van der Waals surface area contributed by atoms with Crippen molar-refractivity contribution in [2.45, 2.75) is 173 Å². The van der Waals surface area contributed by atoms with Crippen LogP contribution < -0.4 is 0 Å². The number of phosphoric ester groups is 2. The highest BCUT2D eigenvalue weighted by Gasteiger charge is 2.28. The maximum Gasteiger partial charge on any atom is 0.472 e. The lowest BCUT2D eigenvalue weighted by Crippen LogP contribution is -2.25. The van der Waals surface area contributed by atoms with Crippen LogP contribution in [0.2, 0.25) is 0 Å². The first-order chi connectivity index (χ1) is 31.8. The van der Waals surface area contributed by atoms with Crippen LogP contribution in [0.25, 0.3) is 0 Å². The second-order valence-electron chi connectivity index (χ2n) is 15.8. The lowest BCUT2D eigenvalue weighted by molar-refractivity contribution is -0.148. The fraction of sp³-hybridized carbons (Fsp3) is 0.673. The molecule has 5 N–H and O–H groups in total. The molecule has 0 saturated carbocycles. The van der Waals surface area contributed by atoms with Gasteiger partial charge in [-0.25, -0.2) is 9.13 Å². The van der Waals surface area contributed by atoms with Gasteiger partial charge in [-0.2, -0.15) is 0 Å². The highest BCUT2D eigenvalue weighted by Crippen LogP contribution is 2.45. The number of aliphatic hydroxyl groups is 3. The number of rotatable bonds is 45. The fourth-order valence-corrected chi connectivity index (χ4v) is 7.29. The lowest BCUT2D eigenvalue weighted by Gasteiger charge is -2.19. The van der Waals surface area contributed by atoms with Crippen LogP contribution in [0, 0.1) is 0 Å². The zero-order valence-electron chi connectivity index (χ0n) is 39.8. The van der Waals surface area contributed by atoms with Crippen molar-refractivity contribution in [3.8, 4) is 0 Å². The molecule has 0 spiro atoms. The third-order valence-electron chi connectivity index (χ3n) is 9.43. The van der Waals surface area contributed by atoms with Gasteiger partial charge >= 0.3 is 27.6 Å². The minimum absolute atomic E-state index is 0.166. The molecule has 5 unspecified atom stereocenters. The normalized spacial score (nSPS) is 15.8. The molecule has 380 valence electrons. The topological polar surface area (TPSA) is 225 Å². The summed E-state index contributed by atoms with van der Waals surface area (Å²) in [7, 11) is -9.59. The van der Waals surface area contributed by atoms with E-state index < -0.39 is 85.5 Å². The Labute approximate surface area is 396 Å². The molecular formula is C49H84O15P2. The molecule has 0 aliphatic heterocycles. The van der Waals surface area contributed by atoms with Crippen LogP contribution in [-0.4, -0.2) is 95.0 Å². The van der Waals surface area contributed by atoms with Crippen LogP contribution >= 0.6 is 15.6 Å². The van der Waals surface area contributed by atoms with E-state index in [1.165, 1.54) is 25.7 Å². The summed E-state index contributed by atoms with van der Waals surface area (Å²) in [5.41, 5.74) is 0. The molecule has 66 heavy (non-hydrogen) atoms. The van der Waals surface area contributed by atoms with Crippen LogP contribution in [0.15, 0.2) is 85.1 Å². The van der Waals surface area contributed by atoms with Crippen LogP contribution in [0.1, 0.15) is 155 Å². The van der Waals surface area contributed by atoms with E-state index in [1.54, 1.807) is 0 Å². The van der Waals surface area contributed by atoms with Crippen molar-refractivity contribution in [3.05, 3.63) is 85.1 Å². The molecule has 0 rings (SSSR count). The number of hydrogen-bond acceptors (Lipinski definition) is 13. The van der Waals surface area contributed by atoms with E-state index in [1.807, 2.05) is 36.5 Å². The molecule has 0 aromatic rings. The van der Waals surface area contributed by atoms with Crippen molar-refractivity contribution in [3.63, 3.8) is 0 Å². The first-order valence-corrected chi connectivity index (χ1v) is 27.0. The Kier molecular flexibility index (Phi) is 42.8. The van der Waals surface area contributed by atoms with Crippen molar-refractivity contribution in [1.82, 2.24) is 0 Å². The van der Waals surface area contributed by atoms with Gasteiger partial charge in [0, 0.05) is 12.8 Å². The predicted octanol–water partition coefficient (Wildman–Crippen LogP) is 10.9. The SMILES string of the molecule is CC/C=C/C=C/C=C/C=C\CCCCCCCC(=O)OCC(O)COP(=O)(O)OCC(O)COP(=O)(O)OCC(O)COC(=O)CCCCCCCC/C=C\C/C=C\C/C=C\CCCCC. The first kappa shape index (κ1) is 63.2. The minimum Gasteiger partial charge on any atom is -0.463 e. The molecule has 0 bridgehead atoms. The van der Waals surface area contributed by atoms with Gasteiger partial charge < -0.3 is 34.6 Å². The third kappa shape index (κ3) is 46.3. The zero-order valence-corrected chi connectivity index (χ0v) is 41.6. The molecule has 0 fully saturated rings. The summed E-state index contributed by atoms with van der Waals surface area (Å²) in [5, 5.41) is 30.0. The van der Waals surface area contributed by atoms with Gasteiger partial charge in [0.05, 0.1) is 26.4 Å². The second kappa shape index (κ2) is 44.7. The van der Waals surface area contributed by atoms with Crippen LogP contribution in [-0.2, 0) is 46.3 Å². The predicted molar refractivity (Wildman–Crippen MR) is 260 cm³/mol. The van der Waals surface area contributed by atoms with Gasteiger partial charge in [-0.1, -0.05) is 157 Å². The number of carbonyl (C=O) groups is 2. The van der Waals surface area contributed by atoms with Crippen molar-refractivity contribution in [2.24, 2.45) is 0 Å². The number of carbonyl (C=O) groups excluding carboxylic acids is 2. The highest BCUT2D eigenvalue weighted by atomic mass is 31.2. The summed E-state index contributed by atoms with van der Waals surface area (Å²) >= 11 is 0. The number of phosphoric acid groups is 2. The Morgan fingerprint density at radius 2 is 0.758 bits per heavy atom. The molecule has 0 aliphatic carbocycles. The molecule has 5 atom stereocenters. The molecule has 0 aliphatic rings. The number of hydrogen-bond donors (Lipinski definition) is 5. The van der Waals surface area contributed by atoms with Gasteiger partial charge in [0.15, 0.2) is 0 Å². The molecular weight excluding hydrogens is 890 g/mol. The highest BCUT2D eigenvalue weighted by molar-refractivity contribution is 7.47. The summed E-state index contributed by atoms with van der Waals surface area (Å²) in [6.07, 6.45) is 45.7. The van der Waals surface area contributed by atoms with E-state index >= 15 is 0 Å². The molecule has 15 nitrogen and oxygen atoms in total. The van der Waals surface area contributed by atoms with Crippen molar-refractivity contribution in [1.29, 1.82) is 0 Å². The van der Waals surface area contributed by atoms with E-state index in [4.69, 9.17) is 9.47 Å². The van der Waals surface area contributed by atoms with Gasteiger partial charge in [-0.3, -0.25) is 27.7 Å². The van der Waals surface area contributed by atoms with Gasteiger partial charge in [-0.05, 0) is 70.6 Å². The standard InChI is InChI=1S/C49H84O15P2/c1-3-5-7-9-11-13-15-17-19-20-21-22-24-26-28-30-32-34-36-38-49(54)60-40-46(51)42-62-66(57,58)64-44-47(52)43-63-65(55,56)61-41-45(50)39-59-48(53)37-35-33-31-29-27-25-23-18-16-14-12-10-8-6-4-2/h6,8,10-14,16-19,21-23,45-47,50-52H,3-5,7,9,15,20,24-44H2,1-2H3,(H,55,56)(H,57,58)/b8-6+,12-10+,13-11-,16-14+,19-17-,22-21-,23-18-. The summed E-state index contributed by atoms with van der Waals surface area (Å²) in [6, 6.07) is 0. The summed E-state index contributed by atoms with van der Waals surface area (Å²) in [5.74, 6) is -1.03. The third-order valence-corrected chi connectivity index (χ3v) is 11.3. The average Bonchev–Trinajstić information content (AvgIpc) is 3.29. The maximum atomic E-state index is 12.2. The molecule has 0 amide bonds. The Hall–Kier alpha value is -2.78. The van der Waals surface area contributed by atoms with E-state index in [0.717, 1.165) is 89.9 Å². The number of allylic oxidation sites excluding steroid dienone is 14. The largest absolute Gasteiger partial charge is 0.472 e. The number of aliphatic hydroxyl groups excluding tert-OH is 3. The van der Waals surface area contributed by atoms with Crippen LogP contribution in [0.3, 0.4) is 0 Å². The summed E-state index contributed by atoms with van der Waals surface area (Å²) in [4.78, 5) is 43.8. The Morgan fingerprint density at radius 3 is 1.18 bits per heavy atom. The van der Waals surface area contributed by atoms with E-state index in [2.05, 4.69) is 80.6 Å². The van der Waals surface area contributed by atoms with Crippen molar-refractivity contribution >= 4 is 27.6 Å². The Morgan fingerprint density at radius 1 is 0.424 bits per heavy atom. The molecule has 0 saturated heterocycles. The van der Waals surface area contributed by atoms with E-state index in [-0.39, 0.29) is 12.8 Å². The first-order valence-electron chi connectivity index (χ1n) is 24.0. The lowest BCUT2D eigenvalue weighted by atomic mass is 10.1. The average molecular weight is 975 g/mol. The van der Waals surface area contributed by atoms with Gasteiger partial charge in [-0.15, -0.1) is 0 Å². The molecule has 0 aromatic carbocycles. The van der Waals surface area contributed by atoms with E-state index in [9.17, 15) is 43.8 Å². The maximum absolute atomic E-state index is 12.2. The van der Waals surface area contributed by atoms with Crippen LogP contribution in [0.5, 0.6) is 0 Å². The number of esters is 2. The molecule has 0 aromatic heterocycles. The summed E-state index contributed by atoms with van der Waals surface area (Å²) in [6.45, 7) is 0.187. The van der Waals surface area contributed by atoms with Crippen molar-refractivity contribution in [2.75, 3.05) is 39.6 Å². The Bertz CT molecular complexity index is 1510. The molecule has 17 heteroatoms. The fourth-order valence-electron chi connectivity index (χ4n) is 5.70. The van der Waals surface area contributed by atoms with Gasteiger partial charge in [0.2, 0.25) is 0 Å². The molecule has 0 radical (unpaired) electrons. The van der Waals surface area contributed by atoms with Gasteiger partial charge in [0.1, 0.15) is 31.5 Å². The van der Waals surface area contributed by atoms with Crippen LogP contribution in [0.4, 0.5) is 0 Å². The smallest absolute Gasteiger partial charge is 0.463 e. The number of unbranched alkanes of at least 4 members (excludes halogenated alkanes) is 14. The Balaban J connectivity index is 3.93. The monoisotopic (exact) mass is 975 g/mol.